The monoisotopic (exact) mass is 531 g/mol. The van der Waals surface area contributed by atoms with Crippen LogP contribution in [-0.2, 0) is 14.3 Å². The molecule has 2 heterocycles. The Morgan fingerprint density at radius 1 is 1.21 bits per heavy atom. The van der Waals surface area contributed by atoms with Crippen LogP contribution in [0.5, 0.6) is 0 Å². The standard InChI is InChI=1S/C28H38FN3O6/c1-2-17-10-11-32(27(35)19-6-4-18(5-7-19)22(30)16-29)25(17)26(34)31-21-8-9-23-20(14-21)15-24(38-23)28(36)37-13-3-12-33/h8-9,14-15,17-19,22,25,33H,2-7,10-13,16,30H2,1H3,(H,31,34)/t17-,18?,19?,22+,25-/m0/s1. The first-order valence-corrected chi connectivity index (χ1v) is 13.6. The number of hydrogen-bond donors (Lipinski definition) is 3. The van der Waals surface area contributed by atoms with Crippen molar-refractivity contribution >= 4 is 34.4 Å². The fourth-order valence-corrected chi connectivity index (χ4v) is 5.78. The van der Waals surface area contributed by atoms with Gasteiger partial charge in [-0.2, -0.15) is 0 Å². The molecule has 4 N–H and O–H groups in total. The Morgan fingerprint density at radius 3 is 2.66 bits per heavy atom. The summed E-state index contributed by atoms with van der Waals surface area (Å²) in [6.07, 6.45) is 4.68. The van der Waals surface area contributed by atoms with Crippen LogP contribution in [0, 0.1) is 17.8 Å². The number of nitrogens with one attached hydrogen (secondary N) is 1. The van der Waals surface area contributed by atoms with E-state index in [1.807, 2.05) is 6.92 Å². The summed E-state index contributed by atoms with van der Waals surface area (Å²) in [5, 5.41) is 12.4. The lowest BCUT2D eigenvalue weighted by Crippen LogP contribution is -2.48. The van der Waals surface area contributed by atoms with Gasteiger partial charge in [0.2, 0.25) is 17.6 Å². The smallest absolute Gasteiger partial charge is 0.374 e. The number of esters is 1. The van der Waals surface area contributed by atoms with E-state index in [4.69, 9.17) is 20.0 Å². The van der Waals surface area contributed by atoms with Crippen molar-refractivity contribution < 1.29 is 33.0 Å². The number of carbonyl (C=O) groups is 3. The summed E-state index contributed by atoms with van der Waals surface area (Å²) in [7, 11) is 0. The average Bonchev–Trinajstić information content (AvgIpc) is 3.56. The van der Waals surface area contributed by atoms with Crippen molar-refractivity contribution in [2.45, 2.75) is 64.0 Å². The van der Waals surface area contributed by atoms with E-state index >= 15 is 0 Å². The van der Waals surface area contributed by atoms with Crippen LogP contribution in [0.25, 0.3) is 11.0 Å². The van der Waals surface area contributed by atoms with Gasteiger partial charge in [0.1, 0.15) is 18.3 Å². The summed E-state index contributed by atoms with van der Waals surface area (Å²) in [6.45, 7) is 2.05. The predicted octanol–water partition coefficient (Wildman–Crippen LogP) is 3.64. The van der Waals surface area contributed by atoms with Crippen molar-refractivity contribution in [3.63, 3.8) is 0 Å². The molecule has 2 amide bonds. The van der Waals surface area contributed by atoms with Gasteiger partial charge in [0.25, 0.3) is 0 Å². The number of alkyl halides is 1. The maximum absolute atomic E-state index is 13.5. The zero-order valence-electron chi connectivity index (χ0n) is 21.9. The molecule has 0 radical (unpaired) electrons. The first-order chi connectivity index (χ1) is 18.4. The second-order valence-electron chi connectivity index (χ2n) is 10.4. The Bertz CT molecular complexity index is 1130. The van der Waals surface area contributed by atoms with Crippen molar-refractivity contribution in [3.05, 3.63) is 30.0 Å². The second-order valence-corrected chi connectivity index (χ2v) is 10.4. The minimum Gasteiger partial charge on any atom is -0.460 e. The summed E-state index contributed by atoms with van der Waals surface area (Å²) in [5.74, 6) is -0.805. The number of benzene rings is 1. The highest BCUT2D eigenvalue weighted by Crippen LogP contribution is 2.36. The lowest BCUT2D eigenvalue weighted by atomic mass is 9.78. The maximum Gasteiger partial charge on any atom is 0.374 e. The Balaban J connectivity index is 1.42. The van der Waals surface area contributed by atoms with Gasteiger partial charge in [0.05, 0.1) is 6.61 Å². The summed E-state index contributed by atoms with van der Waals surface area (Å²) < 4.78 is 23.6. The zero-order valence-corrected chi connectivity index (χ0v) is 21.9. The molecule has 1 aliphatic heterocycles. The van der Waals surface area contributed by atoms with E-state index in [-0.39, 0.29) is 48.5 Å². The third kappa shape index (κ3) is 6.18. The number of anilines is 1. The Kier molecular flexibility index (Phi) is 9.38. The van der Waals surface area contributed by atoms with Crippen LogP contribution in [0.15, 0.2) is 28.7 Å². The normalized spacial score (nSPS) is 24.4. The number of carbonyl (C=O) groups excluding carboxylic acids is 3. The molecule has 2 aromatic rings. The topological polar surface area (TPSA) is 135 Å². The highest BCUT2D eigenvalue weighted by Gasteiger charge is 2.43. The Hall–Kier alpha value is -2.98. The van der Waals surface area contributed by atoms with E-state index in [1.54, 1.807) is 29.2 Å². The number of furan rings is 1. The van der Waals surface area contributed by atoms with E-state index in [2.05, 4.69) is 5.32 Å². The van der Waals surface area contributed by atoms with Crippen LogP contribution >= 0.6 is 0 Å². The molecule has 0 bridgehead atoms. The maximum atomic E-state index is 13.5. The SMILES string of the molecule is CC[C@H]1CCN(C(=O)C2CCC([C@H](N)CF)CC2)[C@@H]1C(=O)Nc1ccc2oc(C(=O)OCCCO)cc2c1. The number of ether oxygens (including phenoxy) is 1. The van der Waals surface area contributed by atoms with E-state index in [0.29, 0.717) is 42.5 Å². The molecule has 38 heavy (non-hydrogen) atoms. The number of likely N-dealkylation sites (tertiary alicyclic amines) is 1. The quantitative estimate of drug-likeness (QED) is 0.315. The summed E-state index contributed by atoms with van der Waals surface area (Å²) in [5.41, 5.74) is 6.89. The number of halogens is 1. The van der Waals surface area contributed by atoms with Gasteiger partial charge in [-0.25, -0.2) is 9.18 Å². The van der Waals surface area contributed by atoms with E-state index in [0.717, 1.165) is 25.7 Å². The number of nitrogens with zero attached hydrogens (tertiary/aromatic N) is 1. The third-order valence-electron chi connectivity index (χ3n) is 8.02. The Morgan fingerprint density at radius 2 is 1.97 bits per heavy atom. The van der Waals surface area contributed by atoms with Crippen molar-refractivity contribution in [1.29, 1.82) is 0 Å². The molecule has 1 saturated carbocycles. The summed E-state index contributed by atoms with van der Waals surface area (Å²) >= 11 is 0. The first-order valence-electron chi connectivity index (χ1n) is 13.6. The van der Waals surface area contributed by atoms with Crippen LogP contribution in [0.2, 0.25) is 0 Å². The predicted molar refractivity (Wildman–Crippen MR) is 140 cm³/mol. The van der Waals surface area contributed by atoms with Crippen molar-refractivity contribution in [2.24, 2.45) is 23.5 Å². The van der Waals surface area contributed by atoms with Gasteiger partial charge in [0, 0.05) is 42.6 Å². The number of fused-ring (bicyclic) bond motifs is 1. The third-order valence-corrected chi connectivity index (χ3v) is 8.02. The van der Waals surface area contributed by atoms with Crippen LogP contribution < -0.4 is 11.1 Å². The molecule has 0 spiro atoms. The number of amides is 2. The number of hydrogen-bond acceptors (Lipinski definition) is 7. The van der Waals surface area contributed by atoms with Crippen molar-refractivity contribution in [1.82, 2.24) is 4.90 Å². The van der Waals surface area contributed by atoms with Crippen LogP contribution in [-0.4, -0.2) is 66.3 Å². The molecule has 3 atom stereocenters. The highest BCUT2D eigenvalue weighted by atomic mass is 19.1. The molecule has 10 heteroatoms. The van der Waals surface area contributed by atoms with Gasteiger partial charge >= 0.3 is 5.97 Å². The molecule has 4 rings (SSSR count). The molecule has 1 aliphatic carbocycles. The molecular weight excluding hydrogens is 493 g/mol. The molecule has 1 aromatic carbocycles. The fraction of sp³-hybridized carbons (Fsp3) is 0.607. The van der Waals surface area contributed by atoms with Gasteiger partial charge < -0.3 is 30.2 Å². The van der Waals surface area contributed by atoms with Gasteiger partial charge in [-0.1, -0.05) is 13.3 Å². The van der Waals surface area contributed by atoms with Gasteiger partial charge in [-0.05, 0) is 68.2 Å². The highest BCUT2D eigenvalue weighted by molar-refractivity contribution is 6.00. The number of aliphatic hydroxyl groups is 1. The molecule has 1 saturated heterocycles. The first kappa shape index (κ1) is 28.0. The second kappa shape index (κ2) is 12.7. The van der Waals surface area contributed by atoms with Crippen molar-refractivity contribution in [2.75, 3.05) is 31.7 Å². The number of rotatable bonds is 10. The van der Waals surface area contributed by atoms with E-state index in [9.17, 15) is 18.8 Å². The van der Waals surface area contributed by atoms with Crippen LogP contribution in [0.3, 0.4) is 0 Å². The number of aliphatic hydroxyl groups excluding tert-OH is 1. The minimum absolute atomic E-state index is 0.00279. The fourth-order valence-electron chi connectivity index (χ4n) is 5.78. The molecule has 208 valence electrons. The number of nitrogens with two attached hydrogens (primary N) is 1. The van der Waals surface area contributed by atoms with Gasteiger partial charge in [-0.15, -0.1) is 0 Å². The zero-order chi connectivity index (χ0) is 27.2. The molecule has 2 fully saturated rings. The lowest BCUT2D eigenvalue weighted by molar-refractivity contribution is -0.142. The minimum atomic E-state index is -0.619. The Labute approximate surface area is 221 Å². The average molecular weight is 532 g/mol. The lowest BCUT2D eigenvalue weighted by Gasteiger charge is -2.34. The largest absolute Gasteiger partial charge is 0.460 e. The van der Waals surface area contributed by atoms with Crippen LogP contribution in [0.1, 0.15) is 62.4 Å². The van der Waals surface area contributed by atoms with E-state index < -0.39 is 24.7 Å². The van der Waals surface area contributed by atoms with Gasteiger partial charge in [-0.3, -0.25) is 9.59 Å². The van der Waals surface area contributed by atoms with Gasteiger partial charge in [0.15, 0.2) is 0 Å². The molecule has 0 unspecified atom stereocenters. The molecular formula is C28H38FN3O6. The summed E-state index contributed by atoms with van der Waals surface area (Å²) in [4.78, 5) is 40.9. The summed E-state index contributed by atoms with van der Waals surface area (Å²) in [6, 6.07) is 5.61. The van der Waals surface area contributed by atoms with Crippen LogP contribution in [0.4, 0.5) is 10.1 Å². The van der Waals surface area contributed by atoms with E-state index in [1.165, 1.54) is 0 Å². The molecule has 1 aromatic heterocycles. The van der Waals surface area contributed by atoms with Crippen molar-refractivity contribution in [3.8, 4) is 0 Å². The molecule has 9 nitrogen and oxygen atoms in total. The molecule has 2 aliphatic rings.